The van der Waals surface area contributed by atoms with E-state index in [1.54, 1.807) is 6.92 Å². The third kappa shape index (κ3) is 2.52. The molecule has 1 rings (SSSR count). The van der Waals surface area contributed by atoms with E-state index in [1.165, 1.54) is 18.2 Å². The zero-order chi connectivity index (χ0) is 11.4. The molecular weight excluding hydrogens is 198 g/mol. The summed E-state index contributed by atoms with van der Waals surface area (Å²) >= 11 is 0. The number of rotatable bonds is 4. The van der Waals surface area contributed by atoms with Crippen LogP contribution in [0, 0.1) is 17.6 Å². The van der Waals surface area contributed by atoms with Gasteiger partial charge in [0.2, 0.25) is 0 Å². The number of hydrogen-bond acceptors (Lipinski definition) is 2. The molecule has 0 spiro atoms. The van der Waals surface area contributed by atoms with Gasteiger partial charge >= 0.3 is 0 Å². The second-order valence-electron chi connectivity index (χ2n) is 3.66. The molecule has 84 valence electrons. The van der Waals surface area contributed by atoms with Crippen molar-refractivity contribution in [3.8, 4) is 0 Å². The Bertz CT molecular complexity index is 304. The number of benzene rings is 1. The fourth-order valence-electron chi connectivity index (χ4n) is 1.69. The van der Waals surface area contributed by atoms with Crippen LogP contribution in [-0.2, 0) is 0 Å². The van der Waals surface area contributed by atoms with Crippen molar-refractivity contribution in [2.75, 3.05) is 13.1 Å². The Kier molecular flexibility index (Phi) is 4.17. The predicted molar refractivity (Wildman–Crippen MR) is 56.4 cm³/mol. The number of hydrogen-bond donors (Lipinski definition) is 2. The van der Waals surface area contributed by atoms with Gasteiger partial charge in [-0.3, -0.25) is 0 Å². The molecular formula is C11H16F2N2. The molecule has 1 aromatic rings. The highest BCUT2D eigenvalue weighted by Crippen LogP contribution is 2.27. The van der Waals surface area contributed by atoms with E-state index in [0.717, 1.165) is 0 Å². The standard InChI is InChI=1S/C11H16F2N2/c1-7(8(5-14)6-15)11-9(12)3-2-4-10(11)13/h2-4,7-8H,5-6,14-15H2,1H3. The molecule has 1 unspecified atom stereocenters. The molecule has 0 aliphatic rings. The average Bonchev–Trinajstić information content (AvgIpc) is 2.19. The topological polar surface area (TPSA) is 52.0 Å². The van der Waals surface area contributed by atoms with Crippen LogP contribution >= 0.6 is 0 Å². The quantitative estimate of drug-likeness (QED) is 0.800. The normalized spacial score (nSPS) is 13.2. The lowest BCUT2D eigenvalue weighted by atomic mass is 9.87. The molecule has 1 aromatic carbocycles. The predicted octanol–water partition coefficient (Wildman–Crippen LogP) is 1.60. The maximum absolute atomic E-state index is 13.4. The third-order valence-electron chi connectivity index (χ3n) is 2.77. The lowest BCUT2D eigenvalue weighted by molar-refractivity contribution is 0.429. The van der Waals surface area contributed by atoms with Crippen molar-refractivity contribution in [3.05, 3.63) is 35.4 Å². The van der Waals surface area contributed by atoms with Gasteiger partial charge in [-0.15, -0.1) is 0 Å². The first kappa shape index (κ1) is 12.1. The van der Waals surface area contributed by atoms with Crippen molar-refractivity contribution in [2.45, 2.75) is 12.8 Å². The summed E-state index contributed by atoms with van der Waals surface area (Å²) < 4.78 is 26.8. The van der Waals surface area contributed by atoms with Gasteiger partial charge in [-0.25, -0.2) is 8.78 Å². The molecule has 0 aliphatic carbocycles. The maximum atomic E-state index is 13.4. The molecule has 0 bridgehead atoms. The van der Waals surface area contributed by atoms with E-state index in [2.05, 4.69) is 0 Å². The van der Waals surface area contributed by atoms with Gasteiger partial charge in [-0.2, -0.15) is 0 Å². The summed E-state index contributed by atoms with van der Waals surface area (Å²) in [5.74, 6) is -1.47. The lowest BCUT2D eigenvalue weighted by Crippen LogP contribution is -2.28. The molecule has 0 saturated heterocycles. The minimum Gasteiger partial charge on any atom is -0.330 e. The first-order chi connectivity index (χ1) is 7.11. The minimum atomic E-state index is -0.533. The van der Waals surface area contributed by atoms with E-state index in [-0.39, 0.29) is 17.4 Å². The SMILES string of the molecule is CC(c1c(F)cccc1F)C(CN)CN. The van der Waals surface area contributed by atoms with E-state index in [9.17, 15) is 8.78 Å². The van der Waals surface area contributed by atoms with Crippen LogP contribution in [0.5, 0.6) is 0 Å². The minimum absolute atomic E-state index is 0.0819. The summed E-state index contributed by atoms with van der Waals surface area (Å²) in [5, 5.41) is 0. The zero-order valence-corrected chi connectivity index (χ0v) is 8.71. The number of nitrogens with two attached hydrogens (primary N) is 2. The maximum Gasteiger partial charge on any atom is 0.129 e. The van der Waals surface area contributed by atoms with E-state index in [1.807, 2.05) is 0 Å². The van der Waals surface area contributed by atoms with Crippen molar-refractivity contribution in [3.63, 3.8) is 0 Å². The van der Waals surface area contributed by atoms with Crippen LogP contribution in [0.15, 0.2) is 18.2 Å². The number of halogens is 2. The van der Waals surface area contributed by atoms with E-state index >= 15 is 0 Å². The summed E-state index contributed by atoms with van der Waals surface area (Å²) in [5.41, 5.74) is 11.1. The highest BCUT2D eigenvalue weighted by Gasteiger charge is 2.22. The van der Waals surface area contributed by atoms with Crippen molar-refractivity contribution in [2.24, 2.45) is 17.4 Å². The molecule has 1 atom stereocenters. The Morgan fingerprint density at radius 3 is 2.00 bits per heavy atom. The molecule has 0 heterocycles. The summed E-state index contributed by atoms with van der Waals surface area (Å²) in [6.07, 6.45) is 0. The van der Waals surface area contributed by atoms with Crippen molar-refractivity contribution in [1.82, 2.24) is 0 Å². The summed E-state index contributed by atoms with van der Waals surface area (Å²) in [6, 6.07) is 3.85. The molecule has 15 heavy (non-hydrogen) atoms. The van der Waals surface area contributed by atoms with E-state index in [4.69, 9.17) is 11.5 Å². The summed E-state index contributed by atoms with van der Waals surface area (Å²) in [4.78, 5) is 0. The van der Waals surface area contributed by atoms with Crippen LogP contribution in [0.2, 0.25) is 0 Å². The second kappa shape index (κ2) is 5.19. The van der Waals surface area contributed by atoms with Crippen LogP contribution in [0.25, 0.3) is 0 Å². The lowest BCUT2D eigenvalue weighted by Gasteiger charge is -2.22. The summed E-state index contributed by atoms with van der Waals surface area (Å²) in [6.45, 7) is 2.39. The van der Waals surface area contributed by atoms with Gasteiger partial charge in [-0.05, 0) is 37.1 Å². The molecule has 0 fully saturated rings. The first-order valence-electron chi connectivity index (χ1n) is 4.95. The molecule has 0 radical (unpaired) electrons. The van der Waals surface area contributed by atoms with Gasteiger partial charge in [0, 0.05) is 5.56 Å². The van der Waals surface area contributed by atoms with Crippen molar-refractivity contribution < 1.29 is 8.78 Å². The molecule has 0 aromatic heterocycles. The Morgan fingerprint density at radius 1 is 1.13 bits per heavy atom. The fraction of sp³-hybridized carbons (Fsp3) is 0.455. The monoisotopic (exact) mass is 214 g/mol. The smallest absolute Gasteiger partial charge is 0.129 e. The molecule has 4 N–H and O–H groups in total. The Hall–Kier alpha value is -1.00. The molecule has 0 amide bonds. The Morgan fingerprint density at radius 2 is 1.60 bits per heavy atom. The van der Waals surface area contributed by atoms with E-state index in [0.29, 0.717) is 13.1 Å². The molecule has 2 nitrogen and oxygen atoms in total. The highest BCUT2D eigenvalue weighted by molar-refractivity contribution is 5.24. The van der Waals surface area contributed by atoms with Crippen LogP contribution in [-0.4, -0.2) is 13.1 Å². The van der Waals surface area contributed by atoms with E-state index < -0.39 is 11.6 Å². The first-order valence-corrected chi connectivity index (χ1v) is 4.95. The van der Waals surface area contributed by atoms with Gasteiger partial charge in [0.15, 0.2) is 0 Å². The molecule has 0 saturated carbocycles. The van der Waals surface area contributed by atoms with Crippen molar-refractivity contribution in [1.29, 1.82) is 0 Å². The Labute approximate surface area is 88.3 Å². The largest absolute Gasteiger partial charge is 0.330 e. The van der Waals surface area contributed by atoms with Crippen LogP contribution in [0.1, 0.15) is 18.4 Å². The van der Waals surface area contributed by atoms with Crippen LogP contribution in [0.3, 0.4) is 0 Å². The molecule has 4 heteroatoms. The summed E-state index contributed by atoms with van der Waals surface area (Å²) in [7, 11) is 0. The zero-order valence-electron chi connectivity index (χ0n) is 8.71. The highest BCUT2D eigenvalue weighted by atomic mass is 19.1. The van der Waals surface area contributed by atoms with Crippen molar-refractivity contribution >= 4 is 0 Å². The third-order valence-corrected chi connectivity index (χ3v) is 2.77. The average molecular weight is 214 g/mol. The molecule has 0 aliphatic heterocycles. The van der Waals surface area contributed by atoms with Gasteiger partial charge in [-0.1, -0.05) is 13.0 Å². The van der Waals surface area contributed by atoms with Gasteiger partial charge in [0.1, 0.15) is 11.6 Å². The van der Waals surface area contributed by atoms with Gasteiger partial charge < -0.3 is 11.5 Å². The van der Waals surface area contributed by atoms with Crippen LogP contribution < -0.4 is 11.5 Å². The second-order valence-corrected chi connectivity index (χ2v) is 3.66. The van der Waals surface area contributed by atoms with Crippen LogP contribution in [0.4, 0.5) is 8.78 Å². The fourth-order valence-corrected chi connectivity index (χ4v) is 1.69. The van der Waals surface area contributed by atoms with Gasteiger partial charge in [0.05, 0.1) is 0 Å². The van der Waals surface area contributed by atoms with Gasteiger partial charge in [0.25, 0.3) is 0 Å². The Balaban J connectivity index is 3.04.